The highest BCUT2D eigenvalue weighted by atomic mass is 35.5. The monoisotopic (exact) mass is 278 g/mol. The minimum atomic E-state index is -0.398. The smallest absolute Gasteiger partial charge is 0.141 e. The van der Waals surface area contributed by atoms with Crippen LogP contribution in [0.4, 0.5) is 4.39 Å². The first-order valence-electron chi connectivity index (χ1n) is 6.39. The quantitative estimate of drug-likeness (QED) is 0.672. The van der Waals surface area contributed by atoms with Crippen LogP contribution in [0.15, 0.2) is 42.5 Å². The van der Waals surface area contributed by atoms with Crippen LogP contribution in [0.5, 0.6) is 5.75 Å². The third kappa shape index (κ3) is 3.71. The van der Waals surface area contributed by atoms with E-state index in [1.165, 1.54) is 6.07 Å². The van der Waals surface area contributed by atoms with Crippen LogP contribution in [0.1, 0.15) is 19.8 Å². The fraction of sp³-hybridized carbons (Fsp3) is 0.250. The minimum Gasteiger partial charge on any atom is -0.494 e. The van der Waals surface area contributed by atoms with Crippen molar-refractivity contribution in [3.63, 3.8) is 0 Å². The van der Waals surface area contributed by atoms with Gasteiger partial charge in [0.2, 0.25) is 0 Å². The van der Waals surface area contributed by atoms with Gasteiger partial charge < -0.3 is 4.74 Å². The van der Waals surface area contributed by atoms with E-state index in [4.69, 9.17) is 16.3 Å². The van der Waals surface area contributed by atoms with Crippen LogP contribution in [0.3, 0.4) is 0 Å². The van der Waals surface area contributed by atoms with Crippen molar-refractivity contribution in [2.45, 2.75) is 19.8 Å². The van der Waals surface area contributed by atoms with Gasteiger partial charge in [0, 0.05) is 0 Å². The van der Waals surface area contributed by atoms with Gasteiger partial charge in [0.1, 0.15) is 11.6 Å². The molecular weight excluding hydrogens is 263 g/mol. The summed E-state index contributed by atoms with van der Waals surface area (Å²) in [6, 6.07) is 12.5. The summed E-state index contributed by atoms with van der Waals surface area (Å²) < 4.78 is 18.7. The molecule has 0 amide bonds. The zero-order valence-corrected chi connectivity index (χ0v) is 11.6. The summed E-state index contributed by atoms with van der Waals surface area (Å²) in [5, 5.41) is 0.140. The van der Waals surface area contributed by atoms with Gasteiger partial charge in [0.05, 0.1) is 11.6 Å². The van der Waals surface area contributed by atoms with E-state index in [1.807, 2.05) is 24.3 Å². The van der Waals surface area contributed by atoms with Gasteiger partial charge in [0.15, 0.2) is 0 Å². The Balaban J connectivity index is 2.11. The van der Waals surface area contributed by atoms with E-state index in [0.29, 0.717) is 0 Å². The first-order valence-corrected chi connectivity index (χ1v) is 6.77. The van der Waals surface area contributed by atoms with Crippen molar-refractivity contribution < 1.29 is 9.13 Å². The van der Waals surface area contributed by atoms with E-state index in [1.54, 1.807) is 12.1 Å². The highest BCUT2D eigenvalue weighted by Crippen LogP contribution is 2.26. The lowest BCUT2D eigenvalue weighted by atomic mass is 10.1. The maximum absolute atomic E-state index is 13.1. The van der Waals surface area contributed by atoms with Gasteiger partial charge >= 0.3 is 0 Å². The van der Waals surface area contributed by atoms with Gasteiger partial charge in [0.25, 0.3) is 0 Å². The molecule has 3 heteroatoms. The molecule has 100 valence electrons. The van der Waals surface area contributed by atoms with Gasteiger partial charge in [-0.05, 0) is 41.8 Å². The maximum Gasteiger partial charge on any atom is 0.141 e. The molecule has 0 saturated heterocycles. The molecule has 0 spiro atoms. The fourth-order valence-corrected chi connectivity index (χ4v) is 1.93. The van der Waals surface area contributed by atoms with Crippen molar-refractivity contribution in [2.75, 3.05) is 6.61 Å². The predicted molar refractivity (Wildman–Crippen MR) is 77.2 cm³/mol. The van der Waals surface area contributed by atoms with Crippen LogP contribution < -0.4 is 4.74 Å². The zero-order chi connectivity index (χ0) is 13.7. The molecule has 1 nitrogen and oxygen atoms in total. The molecule has 0 radical (unpaired) electrons. The van der Waals surface area contributed by atoms with Gasteiger partial charge in [-0.1, -0.05) is 43.1 Å². The highest BCUT2D eigenvalue weighted by Gasteiger charge is 2.03. The van der Waals surface area contributed by atoms with Crippen LogP contribution >= 0.6 is 11.6 Å². The number of ether oxygens (including phenoxy) is 1. The largest absolute Gasteiger partial charge is 0.494 e. The highest BCUT2D eigenvalue weighted by molar-refractivity contribution is 6.31. The zero-order valence-electron chi connectivity index (χ0n) is 10.8. The van der Waals surface area contributed by atoms with Gasteiger partial charge in [-0.25, -0.2) is 4.39 Å². The Labute approximate surface area is 118 Å². The first-order chi connectivity index (χ1) is 9.20. The van der Waals surface area contributed by atoms with E-state index in [-0.39, 0.29) is 5.02 Å². The van der Waals surface area contributed by atoms with E-state index >= 15 is 0 Å². The summed E-state index contributed by atoms with van der Waals surface area (Å²) in [7, 11) is 0. The molecule has 0 heterocycles. The molecule has 0 bridgehead atoms. The van der Waals surface area contributed by atoms with E-state index in [9.17, 15) is 4.39 Å². The van der Waals surface area contributed by atoms with Crippen LogP contribution in [0.2, 0.25) is 5.02 Å². The average molecular weight is 279 g/mol. The lowest BCUT2D eigenvalue weighted by molar-refractivity contribution is 0.309. The summed E-state index contributed by atoms with van der Waals surface area (Å²) in [6.07, 6.45) is 2.17. The lowest BCUT2D eigenvalue weighted by Gasteiger charge is -2.07. The summed E-state index contributed by atoms with van der Waals surface area (Å²) in [6.45, 7) is 2.86. The van der Waals surface area contributed by atoms with Crippen molar-refractivity contribution in [1.29, 1.82) is 0 Å². The normalized spacial score (nSPS) is 10.5. The van der Waals surface area contributed by atoms with Crippen molar-refractivity contribution >= 4 is 11.6 Å². The molecule has 2 rings (SSSR count). The van der Waals surface area contributed by atoms with Crippen molar-refractivity contribution in [2.24, 2.45) is 0 Å². The molecule has 0 saturated carbocycles. The van der Waals surface area contributed by atoms with E-state index in [0.717, 1.165) is 36.3 Å². The van der Waals surface area contributed by atoms with Crippen molar-refractivity contribution in [3.05, 3.63) is 53.3 Å². The molecule has 0 unspecified atom stereocenters. The predicted octanol–water partition coefficient (Wildman–Crippen LogP) is 5.33. The molecule has 0 aromatic heterocycles. The van der Waals surface area contributed by atoms with Crippen LogP contribution in [-0.4, -0.2) is 6.61 Å². The van der Waals surface area contributed by atoms with Crippen molar-refractivity contribution in [3.8, 4) is 16.9 Å². The Morgan fingerprint density at radius 1 is 1.05 bits per heavy atom. The number of hydrogen-bond acceptors (Lipinski definition) is 1. The number of benzene rings is 2. The summed E-state index contributed by atoms with van der Waals surface area (Å²) >= 11 is 5.78. The molecule has 0 atom stereocenters. The molecule has 19 heavy (non-hydrogen) atoms. The summed E-state index contributed by atoms with van der Waals surface area (Å²) in [4.78, 5) is 0. The summed E-state index contributed by atoms with van der Waals surface area (Å²) in [5.74, 6) is 0.454. The fourth-order valence-electron chi connectivity index (χ4n) is 1.75. The number of unbranched alkanes of at least 4 members (excludes halogenated alkanes) is 1. The standard InChI is InChI=1S/C16H16ClFO/c1-2-3-10-19-14-7-4-12(5-8-14)13-6-9-16(18)15(17)11-13/h4-9,11H,2-3,10H2,1H3. The molecule has 2 aromatic rings. The topological polar surface area (TPSA) is 9.23 Å². The van der Waals surface area contributed by atoms with Gasteiger partial charge in [-0.3, -0.25) is 0 Å². The molecule has 2 aromatic carbocycles. The third-order valence-electron chi connectivity index (χ3n) is 2.87. The Morgan fingerprint density at radius 3 is 2.37 bits per heavy atom. The lowest BCUT2D eigenvalue weighted by Crippen LogP contribution is -1.95. The number of halogens is 2. The molecule has 0 aliphatic rings. The Hall–Kier alpha value is -1.54. The second-order valence-electron chi connectivity index (χ2n) is 4.36. The Kier molecular flexibility index (Phi) is 4.80. The SMILES string of the molecule is CCCCOc1ccc(-c2ccc(F)c(Cl)c2)cc1. The number of hydrogen-bond donors (Lipinski definition) is 0. The Bertz CT molecular complexity index is 537. The molecule has 0 N–H and O–H groups in total. The summed E-state index contributed by atoms with van der Waals surface area (Å²) in [5.41, 5.74) is 1.89. The first kappa shape index (κ1) is 13.9. The van der Waals surface area contributed by atoms with Crippen LogP contribution in [0, 0.1) is 5.82 Å². The van der Waals surface area contributed by atoms with Crippen LogP contribution in [0.25, 0.3) is 11.1 Å². The number of rotatable bonds is 5. The van der Waals surface area contributed by atoms with Gasteiger partial charge in [-0.15, -0.1) is 0 Å². The maximum atomic E-state index is 13.1. The second-order valence-corrected chi connectivity index (χ2v) is 4.76. The molecule has 0 fully saturated rings. The van der Waals surface area contributed by atoms with Crippen molar-refractivity contribution in [1.82, 2.24) is 0 Å². The minimum absolute atomic E-state index is 0.140. The van der Waals surface area contributed by atoms with E-state index in [2.05, 4.69) is 6.92 Å². The Morgan fingerprint density at radius 2 is 1.74 bits per heavy atom. The van der Waals surface area contributed by atoms with Gasteiger partial charge in [-0.2, -0.15) is 0 Å². The third-order valence-corrected chi connectivity index (χ3v) is 3.16. The average Bonchev–Trinajstić information content (AvgIpc) is 2.43. The van der Waals surface area contributed by atoms with Crippen LogP contribution in [-0.2, 0) is 0 Å². The van der Waals surface area contributed by atoms with E-state index < -0.39 is 5.82 Å². The molecular formula is C16H16ClFO. The molecule has 0 aliphatic heterocycles. The molecule has 0 aliphatic carbocycles. The second kappa shape index (κ2) is 6.58.